The molecule has 0 unspecified atom stereocenters. The topological polar surface area (TPSA) is 89.3 Å². The Labute approximate surface area is 102 Å². The van der Waals surface area contributed by atoms with Gasteiger partial charge in [0, 0.05) is 17.1 Å². The second kappa shape index (κ2) is 4.52. The lowest BCUT2D eigenvalue weighted by molar-refractivity contribution is 0.0962. The molecule has 0 aliphatic rings. The third-order valence-corrected chi connectivity index (χ3v) is 3.60. The van der Waals surface area contributed by atoms with Crippen LogP contribution in [0.4, 0.5) is 0 Å². The molecule has 1 aromatic carbocycles. The minimum Gasteiger partial charge on any atom is -0.355 e. The van der Waals surface area contributed by atoms with Gasteiger partial charge >= 0.3 is 0 Å². The third kappa shape index (κ3) is 2.60. The van der Waals surface area contributed by atoms with E-state index in [-0.39, 0.29) is 16.4 Å². The zero-order chi connectivity index (χ0) is 12.5. The average molecular weight is 307 g/mol. The number of nitrogens with one attached hydrogen (secondary N) is 1. The molecule has 1 amide bonds. The largest absolute Gasteiger partial charge is 0.355 e. The number of benzene rings is 1. The van der Waals surface area contributed by atoms with E-state index in [2.05, 4.69) is 21.2 Å². The Morgan fingerprint density at radius 1 is 1.44 bits per heavy atom. The maximum absolute atomic E-state index is 11.5. The number of nitrogens with two attached hydrogens (primary N) is 1. The SMILES string of the molecule is CNC(=O)c1cc(Br)cc(S(N)(=O)=O)c1C. The molecular formula is C9H11BrN2O3S. The molecule has 0 heterocycles. The van der Waals surface area contributed by atoms with Crippen LogP contribution in [0.5, 0.6) is 0 Å². The lowest BCUT2D eigenvalue weighted by Crippen LogP contribution is -2.21. The van der Waals surface area contributed by atoms with E-state index in [4.69, 9.17) is 5.14 Å². The van der Waals surface area contributed by atoms with E-state index in [0.29, 0.717) is 10.0 Å². The van der Waals surface area contributed by atoms with Gasteiger partial charge in [-0.3, -0.25) is 4.79 Å². The lowest BCUT2D eigenvalue weighted by Gasteiger charge is -2.09. The van der Waals surface area contributed by atoms with E-state index in [1.54, 1.807) is 6.07 Å². The van der Waals surface area contributed by atoms with Gasteiger partial charge in [0.1, 0.15) is 0 Å². The first-order valence-corrected chi connectivity index (χ1v) is 6.66. The van der Waals surface area contributed by atoms with E-state index in [1.807, 2.05) is 0 Å². The van der Waals surface area contributed by atoms with E-state index in [0.717, 1.165) is 0 Å². The van der Waals surface area contributed by atoms with Crippen molar-refractivity contribution in [1.29, 1.82) is 0 Å². The minimum absolute atomic E-state index is 0.0551. The van der Waals surface area contributed by atoms with Crippen LogP contribution in [0.25, 0.3) is 0 Å². The molecule has 0 aliphatic heterocycles. The first kappa shape index (κ1) is 13.1. The molecule has 0 saturated heterocycles. The van der Waals surface area contributed by atoms with Gasteiger partial charge in [0.2, 0.25) is 10.0 Å². The standard InChI is InChI=1S/C9H11BrN2O3S/c1-5-7(9(13)12-2)3-6(10)4-8(5)16(11,14)15/h3-4H,1-2H3,(H,12,13)(H2,11,14,15). The van der Waals surface area contributed by atoms with Crippen molar-refractivity contribution in [2.24, 2.45) is 5.14 Å². The van der Waals surface area contributed by atoms with Gasteiger partial charge < -0.3 is 5.32 Å². The summed E-state index contributed by atoms with van der Waals surface area (Å²) in [6.45, 7) is 1.54. The Kier molecular flexibility index (Phi) is 3.72. The molecule has 0 aromatic heterocycles. The van der Waals surface area contributed by atoms with Crippen molar-refractivity contribution in [2.45, 2.75) is 11.8 Å². The monoisotopic (exact) mass is 306 g/mol. The quantitative estimate of drug-likeness (QED) is 0.845. The highest BCUT2D eigenvalue weighted by Gasteiger charge is 2.18. The number of sulfonamides is 1. The lowest BCUT2D eigenvalue weighted by atomic mass is 10.1. The maximum Gasteiger partial charge on any atom is 0.251 e. The van der Waals surface area contributed by atoms with Crippen LogP contribution in [0, 0.1) is 6.92 Å². The highest BCUT2D eigenvalue weighted by Crippen LogP contribution is 2.23. The second-order valence-corrected chi connectivity index (χ2v) is 5.65. The summed E-state index contributed by atoms with van der Waals surface area (Å²) in [5.41, 5.74) is 0.617. The zero-order valence-electron chi connectivity index (χ0n) is 8.74. The summed E-state index contributed by atoms with van der Waals surface area (Å²) in [5.74, 6) is -0.358. The fourth-order valence-corrected chi connectivity index (χ4v) is 2.76. The molecule has 0 saturated carbocycles. The van der Waals surface area contributed by atoms with Crippen LogP contribution in [0.15, 0.2) is 21.5 Å². The molecule has 3 N–H and O–H groups in total. The molecule has 0 bridgehead atoms. The van der Waals surface area contributed by atoms with Crippen molar-refractivity contribution in [2.75, 3.05) is 7.05 Å². The summed E-state index contributed by atoms with van der Waals surface area (Å²) in [6.07, 6.45) is 0. The van der Waals surface area contributed by atoms with Gasteiger partial charge in [-0.2, -0.15) is 0 Å². The van der Waals surface area contributed by atoms with Gasteiger partial charge in [0.15, 0.2) is 0 Å². The highest BCUT2D eigenvalue weighted by molar-refractivity contribution is 9.10. The number of carbonyl (C=O) groups excluding carboxylic acids is 1. The maximum atomic E-state index is 11.5. The van der Waals surface area contributed by atoms with Crippen molar-refractivity contribution >= 4 is 31.9 Å². The van der Waals surface area contributed by atoms with Crippen molar-refractivity contribution in [1.82, 2.24) is 5.32 Å². The van der Waals surface area contributed by atoms with E-state index in [1.165, 1.54) is 20.0 Å². The Bertz CT molecular complexity index is 540. The summed E-state index contributed by atoms with van der Waals surface area (Å²) in [7, 11) is -2.36. The molecule has 1 aromatic rings. The number of hydrogen-bond donors (Lipinski definition) is 2. The van der Waals surface area contributed by atoms with Crippen LogP contribution >= 0.6 is 15.9 Å². The predicted molar refractivity (Wildman–Crippen MR) is 63.6 cm³/mol. The number of rotatable bonds is 2. The van der Waals surface area contributed by atoms with Crippen molar-refractivity contribution in [3.05, 3.63) is 27.7 Å². The first-order valence-electron chi connectivity index (χ1n) is 4.32. The molecule has 0 spiro atoms. The number of hydrogen-bond acceptors (Lipinski definition) is 3. The van der Waals surface area contributed by atoms with Crippen LogP contribution in [-0.4, -0.2) is 21.4 Å². The van der Waals surface area contributed by atoms with Gasteiger partial charge in [0.05, 0.1) is 4.90 Å². The van der Waals surface area contributed by atoms with Gasteiger partial charge in [-0.1, -0.05) is 15.9 Å². The van der Waals surface area contributed by atoms with E-state index < -0.39 is 10.0 Å². The fourth-order valence-electron chi connectivity index (χ4n) is 1.32. The van der Waals surface area contributed by atoms with Gasteiger partial charge in [-0.15, -0.1) is 0 Å². The van der Waals surface area contributed by atoms with Crippen molar-refractivity contribution in [3.8, 4) is 0 Å². The third-order valence-electron chi connectivity index (χ3n) is 2.10. The van der Waals surface area contributed by atoms with Gasteiger partial charge in [0.25, 0.3) is 5.91 Å². The smallest absolute Gasteiger partial charge is 0.251 e. The van der Waals surface area contributed by atoms with Crippen LogP contribution in [0.2, 0.25) is 0 Å². The Hall–Kier alpha value is -0.920. The summed E-state index contributed by atoms with van der Waals surface area (Å²) in [4.78, 5) is 11.4. The van der Waals surface area contributed by atoms with Crippen LogP contribution in [0.1, 0.15) is 15.9 Å². The van der Waals surface area contributed by atoms with Gasteiger partial charge in [-0.05, 0) is 24.6 Å². The summed E-state index contributed by atoms with van der Waals surface area (Å²) in [6, 6.07) is 2.92. The van der Waals surface area contributed by atoms with Crippen LogP contribution < -0.4 is 10.5 Å². The van der Waals surface area contributed by atoms with E-state index in [9.17, 15) is 13.2 Å². The second-order valence-electron chi connectivity index (χ2n) is 3.20. The normalized spacial score (nSPS) is 11.2. The zero-order valence-corrected chi connectivity index (χ0v) is 11.1. The summed E-state index contributed by atoms with van der Waals surface area (Å²) < 4.78 is 23.1. The Morgan fingerprint density at radius 2 is 2.00 bits per heavy atom. The molecular weight excluding hydrogens is 296 g/mol. The molecule has 0 fully saturated rings. The minimum atomic E-state index is -3.83. The molecule has 0 aliphatic carbocycles. The Balaban J connectivity index is 3.56. The number of halogens is 1. The number of amides is 1. The van der Waals surface area contributed by atoms with Crippen LogP contribution in [-0.2, 0) is 10.0 Å². The highest BCUT2D eigenvalue weighted by atomic mass is 79.9. The van der Waals surface area contributed by atoms with Crippen LogP contribution in [0.3, 0.4) is 0 Å². The number of carbonyl (C=O) groups is 1. The molecule has 16 heavy (non-hydrogen) atoms. The molecule has 1 rings (SSSR count). The fraction of sp³-hybridized carbons (Fsp3) is 0.222. The number of primary sulfonamides is 1. The van der Waals surface area contributed by atoms with Crippen molar-refractivity contribution in [3.63, 3.8) is 0 Å². The molecule has 0 atom stereocenters. The first-order chi connectivity index (χ1) is 7.27. The molecule has 0 radical (unpaired) electrons. The van der Waals surface area contributed by atoms with Gasteiger partial charge in [-0.25, -0.2) is 13.6 Å². The predicted octanol–water partition coefficient (Wildman–Crippen LogP) is 0.765. The summed E-state index contributed by atoms with van der Waals surface area (Å²) >= 11 is 3.14. The molecule has 7 heteroatoms. The Morgan fingerprint density at radius 3 is 2.44 bits per heavy atom. The van der Waals surface area contributed by atoms with Crippen molar-refractivity contribution < 1.29 is 13.2 Å². The summed E-state index contributed by atoms with van der Waals surface area (Å²) in [5, 5.41) is 7.49. The molecule has 88 valence electrons. The average Bonchev–Trinajstić information content (AvgIpc) is 2.18. The molecule has 5 nitrogen and oxygen atoms in total. The van der Waals surface area contributed by atoms with E-state index >= 15 is 0 Å².